The minimum Gasteiger partial charge on any atom is -0.461 e. The maximum atomic E-state index is 5.78. The summed E-state index contributed by atoms with van der Waals surface area (Å²) in [5.41, 5.74) is 3.44. The lowest BCUT2D eigenvalue weighted by Crippen LogP contribution is -2.14. The lowest BCUT2D eigenvalue weighted by atomic mass is 10.0. The Labute approximate surface area is 107 Å². The predicted octanol–water partition coefficient (Wildman–Crippen LogP) is 2.72. The van der Waals surface area contributed by atoms with Crippen LogP contribution in [0.2, 0.25) is 0 Å². The molecular weight excluding hydrogens is 226 g/mol. The first kappa shape index (κ1) is 11.5. The van der Waals surface area contributed by atoms with Crippen molar-refractivity contribution in [3.05, 3.63) is 29.3 Å². The molecule has 4 nitrogen and oxygen atoms in total. The van der Waals surface area contributed by atoms with Crippen molar-refractivity contribution >= 4 is 0 Å². The molecule has 0 saturated carbocycles. The van der Waals surface area contributed by atoms with Crippen LogP contribution in [-0.4, -0.2) is 16.3 Å². The van der Waals surface area contributed by atoms with E-state index in [1.807, 2.05) is 30.8 Å². The van der Waals surface area contributed by atoms with Crippen molar-refractivity contribution in [3.8, 4) is 11.3 Å². The Hall–Kier alpha value is -1.55. The van der Waals surface area contributed by atoms with Gasteiger partial charge in [0.2, 0.25) is 0 Å². The van der Waals surface area contributed by atoms with Gasteiger partial charge in [-0.3, -0.25) is 4.68 Å². The topological polar surface area (TPSA) is 43.0 Å². The summed E-state index contributed by atoms with van der Waals surface area (Å²) in [6.07, 6.45) is 2.38. The second kappa shape index (κ2) is 4.28. The van der Waals surface area contributed by atoms with Gasteiger partial charge in [0.15, 0.2) is 0 Å². The molecule has 0 aromatic carbocycles. The molecule has 3 rings (SSSR count). The van der Waals surface area contributed by atoms with E-state index >= 15 is 0 Å². The fraction of sp³-hybridized carbons (Fsp3) is 0.500. The molecular formula is C14H19N3O. The van der Waals surface area contributed by atoms with Gasteiger partial charge in [0.1, 0.15) is 11.5 Å². The molecule has 96 valence electrons. The van der Waals surface area contributed by atoms with Crippen molar-refractivity contribution in [2.45, 2.75) is 32.7 Å². The van der Waals surface area contributed by atoms with E-state index in [0.717, 1.165) is 41.4 Å². The van der Waals surface area contributed by atoms with Crippen LogP contribution in [0.5, 0.6) is 0 Å². The molecule has 1 aliphatic rings. The predicted molar refractivity (Wildman–Crippen MR) is 70.4 cm³/mol. The molecule has 4 heteroatoms. The maximum Gasteiger partial charge on any atom is 0.138 e. The van der Waals surface area contributed by atoms with Crippen LogP contribution in [0.15, 0.2) is 16.5 Å². The molecule has 0 bridgehead atoms. The monoisotopic (exact) mass is 245 g/mol. The Kier molecular flexibility index (Phi) is 2.74. The van der Waals surface area contributed by atoms with Crippen molar-refractivity contribution in [1.82, 2.24) is 15.1 Å². The van der Waals surface area contributed by atoms with Crippen LogP contribution in [-0.2, 0) is 7.05 Å². The van der Waals surface area contributed by atoms with Crippen molar-refractivity contribution in [2.75, 3.05) is 6.54 Å². The van der Waals surface area contributed by atoms with E-state index in [4.69, 9.17) is 4.42 Å². The fourth-order valence-corrected chi connectivity index (χ4v) is 2.67. The molecule has 0 radical (unpaired) electrons. The molecule has 1 N–H and O–H groups in total. The largest absolute Gasteiger partial charge is 0.461 e. The van der Waals surface area contributed by atoms with Crippen molar-refractivity contribution in [3.63, 3.8) is 0 Å². The van der Waals surface area contributed by atoms with Gasteiger partial charge < -0.3 is 9.73 Å². The van der Waals surface area contributed by atoms with Gasteiger partial charge in [-0.15, -0.1) is 0 Å². The molecule has 1 saturated heterocycles. The number of hydrogen-bond acceptors (Lipinski definition) is 3. The Morgan fingerprint density at radius 1 is 1.39 bits per heavy atom. The zero-order valence-electron chi connectivity index (χ0n) is 11.2. The zero-order valence-corrected chi connectivity index (χ0v) is 11.2. The summed E-state index contributed by atoms with van der Waals surface area (Å²) in [6.45, 7) is 5.15. The zero-order chi connectivity index (χ0) is 12.7. The van der Waals surface area contributed by atoms with E-state index in [1.54, 1.807) is 0 Å². The van der Waals surface area contributed by atoms with Crippen molar-refractivity contribution in [2.24, 2.45) is 7.05 Å². The van der Waals surface area contributed by atoms with Gasteiger partial charge in [0.25, 0.3) is 0 Å². The van der Waals surface area contributed by atoms with E-state index in [9.17, 15) is 0 Å². The minimum absolute atomic E-state index is 0.366. The Balaban J connectivity index is 2.11. The lowest BCUT2D eigenvalue weighted by molar-refractivity contribution is 0.545. The Morgan fingerprint density at radius 2 is 2.22 bits per heavy atom. The summed E-state index contributed by atoms with van der Waals surface area (Å²) < 4.78 is 7.73. The van der Waals surface area contributed by atoms with Gasteiger partial charge in [0, 0.05) is 12.7 Å². The molecule has 3 heterocycles. The Morgan fingerprint density at radius 3 is 2.83 bits per heavy atom. The van der Waals surface area contributed by atoms with Crippen molar-refractivity contribution < 1.29 is 4.42 Å². The van der Waals surface area contributed by atoms with E-state index in [-0.39, 0.29) is 0 Å². The molecule has 1 atom stereocenters. The number of hydrogen-bond donors (Lipinski definition) is 1. The first-order chi connectivity index (χ1) is 8.66. The van der Waals surface area contributed by atoms with E-state index in [1.165, 1.54) is 6.42 Å². The Bertz CT molecular complexity index is 562. The number of rotatable bonds is 2. The normalized spacial score (nSPS) is 19.6. The SMILES string of the molecule is Cc1ccc(-c2c(C3CCCN3)nn(C)c2C)o1. The molecule has 0 aliphatic carbocycles. The van der Waals surface area contributed by atoms with Gasteiger partial charge in [-0.05, 0) is 45.4 Å². The molecule has 2 aromatic rings. The van der Waals surface area contributed by atoms with Gasteiger partial charge in [-0.25, -0.2) is 0 Å². The molecule has 0 amide bonds. The smallest absolute Gasteiger partial charge is 0.138 e. The molecule has 1 unspecified atom stereocenters. The average molecular weight is 245 g/mol. The van der Waals surface area contributed by atoms with Crippen LogP contribution >= 0.6 is 0 Å². The van der Waals surface area contributed by atoms with Gasteiger partial charge in [-0.1, -0.05) is 0 Å². The summed E-state index contributed by atoms with van der Waals surface area (Å²) in [5.74, 6) is 1.88. The third-order valence-electron chi connectivity index (χ3n) is 3.74. The van der Waals surface area contributed by atoms with E-state index in [2.05, 4.69) is 17.3 Å². The van der Waals surface area contributed by atoms with Crippen LogP contribution in [0.25, 0.3) is 11.3 Å². The summed E-state index contributed by atoms with van der Waals surface area (Å²) in [6, 6.07) is 4.41. The minimum atomic E-state index is 0.366. The first-order valence-electron chi connectivity index (χ1n) is 6.50. The third-order valence-corrected chi connectivity index (χ3v) is 3.74. The molecule has 2 aromatic heterocycles. The van der Waals surface area contributed by atoms with Gasteiger partial charge >= 0.3 is 0 Å². The van der Waals surface area contributed by atoms with Crippen LogP contribution in [0.3, 0.4) is 0 Å². The number of nitrogens with zero attached hydrogens (tertiary/aromatic N) is 2. The lowest BCUT2D eigenvalue weighted by Gasteiger charge is -2.08. The second-order valence-corrected chi connectivity index (χ2v) is 5.03. The molecule has 1 fully saturated rings. The number of aromatic nitrogens is 2. The van der Waals surface area contributed by atoms with Crippen LogP contribution in [0.4, 0.5) is 0 Å². The van der Waals surface area contributed by atoms with E-state index < -0.39 is 0 Å². The van der Waals surface area contributed by atoms with E-state index in [0.29, 0.717) is 6.04 Å². The summed E-state index contributed by atoms with van der Waals surface area (Å²) in [5, 5.41) is 8.18. The third kappa shape index (κ3) is 1.77. The van der Waals surface area contributed by atoms with Crippen LogP contribution < -0.4 is 5.32 Å². The summed E-state index contributed by atoms with van der Waals surface area (Å²) in [4.78, 5) is 0. The highest BCUT2D eigenvalue weighted by Crippen LogP contribution is 2.34. The van der Waals surface area contributed by atoms with Crippen LogP contribution in [0, 0.1) is 13.8 Å². The average Bonchev–Trinajstić information content (AvgIpc) is 3.02. The standard InChI is InChI=1S/C14H19N3O/c1-9-6-7-12(18-9)13-10(2)17(3)16-14(13)11-5-4-8-15-11/h6-7,11,15H,4-5,8H2,1-3H3. The second-order valence-electron chi connectivity index (χ2n) is 5.03. The molecule has 18 heavy (non-hydrogen) atoms. The molecule has 1 aliphatic heterocycles. The molecule has 0 spiro atoms. The highest BCUT2D eigenvalue weighted by Gasteiger charge is 2.26. The summed E-state index contributed by atoms with van der Waals surface area (Å²) in [7, 11) is 1.99. The highest BCUT2D eigenvalue weighted by molar-refractivity contribution is 5.64. The first-order valence-corrected chi connectivity index (χ1v) is 6.50. The fourth-order valence-electron chi connectivity index (χ4n) is 2.67. The quantitative estimate of drug-likeness (QED) is 0.884. The number of furan rings is 1. The highest BCUT2D eigenvalue weighted by atomic mass is 16.3. The van der Waals surface area contributed by atoms with Crippen molar-refractivity contribution in [1.29, 1.82) is 0 Å². The van der Waals surface area contributed by atoms with Gasteiger partial charge in [0.05, 0.1) is 17.3 Å². The number of aryl methyl sites for hydroxylation is 2. The summed E-state index contributed by atoms with van der Waals surface area (Å²) >= 11 is 0. The van der Waals surface area contributed by atoms with Crippen LogP contribution in [0.1, 0.15) is 36.0 Å². The maximum absolute atomic E-state index is 5.78. The van der Waals surface area contributed by atoms with Gasteiger partial charge in [-0.2, -0.15) is 5.10 Å². The number of nitrogens with one attached hydrogen (secondary N) is 1.